The Morgan fingerprint density at radius 2 is 0.711 bits per heavy atom. The zero-order valence-electron chi connectivity index (χ0n) is 75.5. The number of alkyl halides is 6. The maximum atomic E-state index is 14.1. The quantitative estimate of drug-likeness (QED) is 0.0154. The van der Waals surface area contributed by atoms with Crippen LogP contribution in [0.5, 0.6) is 0 Å². The number of benzene rings is 4. The lowest BCUT2D eigenvalue weighted by atomic mass is 9.69. The number of carbonyl (C=O) groups excluding carboxylic acids is 14. The molecule has 4 aromatic heterocycles. The third kappa shape index (κ3) is 20.5. The van der Waals surface area contributed by atoms with Gasteiger partial charge in [0, 0.05) is 144 Å². The van der Waals surface area contributed by atoms with E-state index in [4.69, 9.17) is 34.8 Å². The maximum Gasteiger partial charge on any atom is 0.293 e. The van der Waals surface area contributed by atoms with Gasteiger partial charge in [-0.1, -0.05) is 73.8 Å². The minimum Gasteiger partial charge on any atom is -0.357 e. The molecule has 9 N–H and O–H groups in total. The van der Waals surface area contributed by atoms with Gasteiger partial charge in [-0.05, 0) is 200 Å². The number of amides is 9. The summed E-state index contributed by atoms with van der Waals surface area (Å²) >= 11 is 18.3. The van der Waals surface area contributed by atoms with Crippen LogP contribution in [0.3, 0.4) is 0 Å². The Morgan fingerprint density at radius 3 is 1.01 bits per heavy atom. The lowest BCUT2D eigenvalue weighted by Crippen LogP contribution is -2.67. The molecule has 0 radical (unpaired) electrons. The number of fused-ring (bicyclic) bond motifs is 4. The number of halogens is 11. The molecule has 8 aromatic rings. The molecule has 4 aliphatic heterocycles. The number of Topliss-reactive ketones (excluding diaryl/α,β-unsaturated/α-hetero) is 5. The molecule has 15 rings (SSSR count). The van der Waals surface area contributed by atoms with Gasteiger partial charge in [0.15, 0.2) is 5.78 Å². The highest BCUT2D eigenvalue weighted by atomic mass is 35.5. The first-order valence-electron chi connectivity index (χ1n) is 43.3. The van der Waals surface area contributed by atoms with Crippen molar-refractivity contribution in [2.24, 2.45) is 5.92 Å². The molecule has 8 heterocycles. The first kappa shape index (κ1) is 101. The van der Waals surface area contributed by atoms with Gasteiger partial charge in [0.2, 0.25) is 5.91 Å². The smallest absolute Gasteiger partial charge is 0.293 e. The molecule has 3 fully saturated rings. The Hall–Kier alpha value is -13.1. The van der Waals surface area contributed by atoms with Crippen LogP contribution in [0.2, 0.25) is 15.1 Å². The summed E-state index contributed by atoms with van der Waals surface area (Å²) in [5, 5.41) is 42.1. The summed E-state index contributed by atoms with van der Waals surface area (Å²) in [4.78, 5) is 180. The number of nitriles is 2. The van der Waals surface area contributed by atoms with Crippen molar-refractivity contribution in [2.75, 3.05) is 28.3 Å². The largest absolute Gasteiger partial charge is 0.357 e. The highest BCUT2D eigenvalue weighted by molar-refractivity contribution is 6.46. The Morgan fingerprint density at radius 1 is 0.407 bits per heavy atom. The summed E-state index contributed by atoms with van der Waals surface area (Å²) in [6.45, 7) is 20.1. The number of aromatic nitrogens is 4. The number of nitrogens with zero attached hydrogens (tertiary/aromatic N) is 6. The molecule has 0 spiro atoms. The van der Waals surface area contributed by atoms with E-state index in [0.29, 0.717) is 138 Å². The maximum absolute atomic E-state index is 14.1. The highest BCUT2D eigenvalue weighted by Gasteiger charge is 2.62. The minimum atomic E-state index is -3.10. The molecule has 9 amide bonds. The fraction of sp³-hybridized carbons (Fsp3) is 0.411. The molecule has 3 aliphatic carbocycles. The molecule has 135 heavy (non-hydrogen) atoms. The lowest BCUT2D eigenvalue weighted by Gasteiger charge is -2.46. The molecule has 0 bridgehead atoms. The first-order chi connectivity index (χ1) is 63.3. The van der Waals surface area contributed by atoms with Crippen LogP contribution in [0.1, 0.15) is 242 Å². The number of ketones is 5. The van der Waals surface area contributed by atoms with Gasteiger partial charge in [0.1, 0.15) is 57.1 Å². The van der Waals surface area contributed by atoms with Crippen LogP contribution < -0.4 is 47.9 Å². The normalized spacial score (nSPS) is 16.4. The van der Waals surface area contributed by atoms with Crippen molar-refractivity contribution in [1.29, 1.82) is 10.5 Å². The predicted molar refractivity (Wildman–Crippen MR) is 481 cm³/mol. The number of aryl methyl sites for hydroxylation is 3. The Bertz CT molecular complexity index is 6230. The van der Waals surface area contributed by atoms with E-state index in [1.807, 2.05) is 19.9 Å². The number of hydrogen-bond donors (Lipinski definition) is 9. The van der Waals surface area contributed by atoms with Crippen LogP contribution in [-0.4, -0.2) is 148 Å². The van der Waals surface area contributed by atoms with Crippen LogP contribution >= 0.6 is 34.8 Å². The molecular formula is C95H96Cl3F8N15O14. The van der Waals surface area contributed by atoms with Crippen LogP contribution in [0.25, 0.3) is 0 Å². The van der Waals surface area contributed by atoms with Gasteiger partial charge >= 0.3 is 0 Å². The number of rotatable bonds is 24. The number of anilines is 4. The van der Waals surface area contributed by atoms with Gasteiger partial charge in [-0.15, -0.1) is 0 Å². The van der Waals surface area contributed by atoms with Crippen molar-refractivity contribution in [1.82, 2.24) is 44.9 Å². The number of likely N-dealkylation sites (N-methyl/N-ethyl adjacent to an activating group) is 1. The summed E-state index contributed by atoms with van der Waals surface area (Å²) < 4.78 is 115. The standard InChI is InChI=1S/C25H25ClF3N3O4.C24H29ClN4O4.C23H21ClF2N4O3.C23H21F3N4O3/c1-4-18(33)24(10-25(28,29)11-24)31-23(36)21(34)19-13(3)20(32-7-5-6-17(19)32)22(35)30-14-8-15(26)12(2)16(27)9-14;1-12(2)19(22(31)26-5)28-24(33)21(30)18-14(4)20(29-10-6-7-17(18)29)23(32)27-15-9-8-13(3)16(25)11-15;2*1-12-5-6-14(8-15(12)24)28-20(32)18-13(2)17(16-4-3-7-30(16)18)19(31)21(33)29-22(11-27)9-23(25,26)10-22/h8-9H,4-7,10-11H2,1-3H3,(H,30,35)(H,31,36);8-9,11-12,19H,6-7,10H2,1-5H3,(H,26,31)(H,27,32)(H,28,33);2*5-6,8H,3-4,7,9-10H2,1-2H3,(H,28,32)(H,29,33)/t;19-;;/m.0../s1. The number of carbonyl (C=O) groups is 14. The van der Waals surface area contributed by atoms with E-state index in [9.17, 15) is 113 Å². The summed E-state index contributed by atoms with van der Waals surface area (Å²) in [5.74, 6) is -21.5. The highest BCUT2D eigenvalue weighted by Crippen LogP contribution is 2.49. The third-order valence-electron chi connectivity index (χ3n) is 25.2. The van der Waals surface area contributed by atoms with Crippen LogP contribution in [0, 0.1) is 95.6 Å². The van der Waals surface area contributed by atoms with Crippen LogP contribution in [0.15, 0.2) is 66.7 Å². The molecule has 3 saturated carbocycles. The average molecular weight is 1930 g/mol. The molecule has 0 unspecified atom stereocenters. The average Bonchev–Trinajstić information content (AvgIpc) is 1.69. The summed E-state index contributed by atoms with van der Waals surface area (Å²) in [6.07, 6.45) is -0.530. The van der Waals surface area contributed by atoms with E-state index in [0.717, 1.165) is 23.6 Å². The van der Waals surface area contributed by atoms with Crippen molar-refractivity contribution in [3.63, 3.8) is 0 Å². The molecular weight excluding hydrogens is 1830 g/mol. The van der Waals surface area contributed by atoms with Crippen molar-refractivity contribution in [3.05, 3.63) is 206 Å². The van der Waals surface area contributed by atoms with Gasteiger partial charge in [0.25, 0.3) is 88.2 Å². The van der Waals surface area contributed by atoms with Crippen LogP contribution in [0.4, 0.5) is 57.9 Å². The van der Waals surface area contributed by atoms with E-state index in [-0.39, 0.29) is 96.6 Å². The molecule has 7 aliphatic rings. The number of hydrogen-bond acceptors (Lipinski definition) is 16. The summed E-state index contributed by atoms with van der Waals surface area (Å²) in [6, 6.07) is 19.6. The van der Waals surface area contributed by atoms with Crippen molar-refractivity contribution < 1.29 is 102 Å². The van der Waals surface area contributed by atoms with Gasteiger partial charge in [-0.2, -0.15) is 10.5 Å². The number of nitrogens with one attached hydrogen (secondary N) is 9. The topological polar surface area (TPSA) is 415 Å². The minimum absolute atomic E-state index is 0.00782. The summed E-state index contributed by atoms with van der Waals surface area (Å²) in [5.41, 5.74) is 3.16. The second-order valence-corrected chi connectivity index (χ2v) is 36.6. The van der Waals surface area contributed by atoms with E-state index in [2.05, 4.69) is 47.9 Å². The van der Waals surface area contributed by atoms with Crippen molar-refractivity contribution >= 4 is 140 Å². The van der Waals surface area contributed by atoms with Gasteiger partial charge < -0.3 is 66.1 Å². The molecule has 0 saturated heterocycles. The van der Waals surface area contributed by atoms with Crippen LogP contribution in [-0.2, 0) is 80.6 Å². The molecule has 29 nitrogen and oxygen atoms in total. The zero-order valence-corrected chi connectivity index (χ0v) is 77.8. The van der Waals surface area contributed by atoms with Gasteiger partial charge in [-0.3, -0.25) is 67.1 Å². The fourth-order valence-corrected chi connectivity index (χ4v) is 19.1. The Kier molecular flexibility index (Phi) is 29.2. The fourth-order valence-electron chi connectivity index (χ4n) is 18.5. The lowest BCUT2D eigenvalue weighted by molar-refractivity contribution is -0.163. The monoisotopic (exact) mass is 1930 g/mol. The third-order valence-corrected chi connectivity index (χ3v) is 26.5. The molecule has 4 aromatic carbocycles. The Labute approximate surface area is 784 Å². The van der Waals surface area contributed by atoms with Crippen molar-refractivity contribution in [2.45, 2.75) is 239 Å². The van der Waals surface area contributed by atoms with E-state index in [1.54, 1.807) is 101 Å². The predicted octanol–water partition coefficient (Wildman–Crippen LogP) is 14.9. The van der Waals surface area contributed by atoms with Gasteiger partial charge in [-0.25, -0.2) is 35.1 Å². The van der Waals surface area contributed by atoms with Crippen molar-refractivity contribution in [3.8, 4) is 12.1 Å². The summed E-state index contributed by atoms with van der Waals surface area (Å²) in [7, 11) is 1.47. The van der Waals surface area contributed by atoms with E-state index >= 15 is 0 Å². The molecule has 40 heteroatoms. The molecule has 1 atom stereocenters. The van der Waals surface area contributed by atoms with Gasteiger partial charge in [0.05, 0.1) is 34.4 Å². The molecule has 712 valence electrons. The van der Waals surface area contributed by atoms with E-state index < -0.39 is 161 Å². The second kappa shape index (κ2) is 39.1. The van der Waals surface area contributed by atoms with E-state index in [1.165, 1.54) is 52.9 Å². The SMILES string of the molecule is CCC(=O)C1(NC(=O)C(=O)c2c(C)c(C(=O)Nc3cc(F)c(C)c(Cl)c3)n3c2CCC3)CC(F)(F)C1.CNC(=O)[C@@H](NC(=O)C(=O)c1c(C)c(C(=O)Nc2ccc(C)c(Cl)c2)n2c1CCC2)C(C)C.Cc1ccc(NC(=O)c2c(C)c(C(=O)C(=O)NC3(C#N)CC(F)(F)C3)c3n2CCC3)cc1Cl.Cc1ccc(NC(=O)c2c(C)c(C(=O)C(=O)NC3(C#N)CC(F)(F)C3)c3n2CCC3)cc1F. The zero-order chi connectivity index (χ0) is 99.3. The Balaban J connectivity index is 0.000000162. The first-order valence-corrected chi connectivity index (χ1v) is 44.5. The second-order valence-electron chi connectivity index (χ2n) is 35.3.